The summed E-state index contributed by atoms with van der Waals surface area (Å²) in [5, 5.41) is 16.3. The summed E-state index contributed by atoms with van der Waals surface area (Å²) < 4.78 is 1.93. The largest absolute Gasteiger partial charge is 0.392 e. The fourth-order valence-electron chi connectivity index (χ4n) is 2.46. The molecule has 0 aromatic carbocycles. The first-order valence-electron chi connectivity index (χ1n) is 6.48. The minimum Gasteiger partial charge on any atom is -0.392 e. The van der Waals surface area contributed by atoms with Gasteiger partial charge in [0, 0.05) is 30.9 Å². The lowest BCUT2D eigenvalue weighted by atomic mass is 9.64. The summed E-state index contributed by atoms with van der Waals surface area (Å²) in [6.45, 7) is 4.12. The highest BCUT2D eigenvalue weighted by molar-refractivity contribution is 5.66. The highest BCUT2D eigenvalue weighted by atomic mass is 16.3. The number of aliphatic hydroxyl groups is 1. The summed E-state index contributed by atoms with van der Waals surface area (Å²) in [4.78, 5) is 8.84. The molecule has 2 aromatic heterocycles. The van der Waals surface area contributed by atoms with Crippen LogP contribution in [-0.4, -0.2) is 38.7 Å². The van der Waals surface area contributed by atoms with Crippen LogP contribution in [-0.2, 0) is 0 Å². The van der Waals surface area contributed by atoms with Gasteiger partial charge in [-0.1, -0.05) is 13.8 Å². The van der Waals surface area contributed by atoms with Gasteiger partial charge in [-0.3, -0.25) is 0 Å². The molecule has 2 aromatic rings. The van der Waals surface area contributed by atoms with Crippen LogP contribution in [0.4, 0.5) is 11.6 Å². The molecular weight excluding hydrogens is 242 g/mol. The molecule has 102 valence electrons. The number of anilines is 2. The van der Waals surface area contributed by atoms with E-state index in [1.807, 2.05) is 23.8 Å². The van der Waals surface area contributed by atoms with Gasteiger partial charge in [0.15, 0.2) is 11.5 Å². The molecule has 0 aliphatic heterocycles. The molecule has 1 aliphatic carbocycles. The standard InChI is InChI=1S/C13H19N5O/c1-13(2)8(6-9(13)19)16-11-12-15-4-5-18(12)7-10(14-3)17-11/h4-5,7-9,14,19H,6H2,1-3H3,(H,16,17). The van der Waals surface area contributed by atoms with Crippen LogP contribution in [0.15, 0.2) is 18.6 Å². The number of fused-ring (bicyclic) bond motifs is 1. The zero-order valence-electron chi connectivity index (χ0n) is 11.4. The van der Waals surface area contributed by atoms with Crippen LogP contribution in [0.25, 0.3) is 5.65 Å². The van der Waals surface area contributed by atoms with E-state index in [1.54, 1.807) is 6.20 Å². The van der Waals surface area contributed by atoms with Crippen molar-refractivity contribution in [1.82, 2.24) is 14.4 Å². The van der Waals surface area contributed by atoms with Crippen LogP contribution >= 0.6 is 0 Å². The zero-order valence-corrected chi connectivity index (χ0v) is 11.4. The van der Waals surface area contributed by atoms with E-state index in [2.05, 4.69) is 34.4 Å². The molecule has 2 atom stereocenters. The molecule has 6 heteroatoms. The summed E-state index contributed by atoms with van der Waals surface area (Å²) in [5.41, 5.74) is 0.664. The first-order valence-corrected chi connectivity index (χ1v) is 6.48. The first kappa shape index (κ1) is 12.2. The Morgan fingerprint density at radius 1 is 1.47 bits per heavy atom. The molecule has 3 rings (SSSR count). The molecule has 0 amide bonds. The second-order valence-corrected chi connectivity index (χ2v) is 5.65. The van der Waals surface area contributed by atoms with Gasteiger partial charge in [0.25, 0.3) is 0 Å². The number of aromatic nitrogens is 3. The SMILES string of the molecule is CNc1cn2ccnc2c(NC2CC(O)C2(C)C)n1. The molecule has 6 nitrogen and oxygen atoms in total. The van der Waals surface area contributed by atoms with Crippen LogP contribution in [0.2, 0.25) is 0 Å². The topological polar surface area (TPSA) is 74.5 Å². The first-order chi connectivity index (χ1) is 9.02. The molecule has 0 radical (unpaired) electrons. The maximum Gasteiger partial charge on any atom is 0.180 e. The van der Waals surface area contributed by atoms with E-state index in [0.29, 0.717) is 0 Å². The van der Waals surface area contributed by atoms with Crippen LogP contribution in [0.1, 0.15) is 20.3 Å². The predicted molar refractivity (Wildman–Crippen MR) is 74.3 cm³/mol. The van der Waals surface area contributed by atoms with E-state index >= 15 is 0 Å². The van der Waals surface area contributed by atoms with Crippen molar-refractivity contribution in [2.45, 2.75) is 32.4 Å². The van der Waals surface area contributed by atoms with Crippen molar-refractivity contribution in [2.24, 2.45) is 5.41 Å². The highest BCUT2D eigenvalue weighted by Gasteiger charge is 2.47. The van der Waals surface area contributed by atoms with Gasteiger partial charge in [-0.05, 0) is 6.42 Å². The average Bonchev–Trinajstić information content (AvgIpc) is 2.86. The Balaban J connectivity index is 1.94. The van der Waals surface area contributed by atoms with Gasteiger partial charge < -0.3 is 20.1 Å². The van der Waals surface area contributed by atoms with Crippen molar-refractivity contribution >= 4 is 17.3 Å². The molecule has 2 unspecified atom stereocenters. The fraction of sp³-hybridized carbons (Fsp3) is 0.538. The summed E-state index contributed by atoms with van der Waals surface area (Å²) in [7, 11) is 1.84. The van der Waals surface area contributed by atoms with Gasteiger partial charge >= 0.3 is 0 Å². The molecule has 1 saturated carbocycles. The molecule has 19 heavy (non-hydrogen) atoms. The minimum atomic E-state index is -0.256. The molecule has 1 fully saturated rings. The lowest BCUT2D eigenvalue weighted by Gasteiger charge is -2.49. The molecule has 0 saturated heterocycles. The zero-order chi connectivity index (χ0) is 13.6. The third-order valence-electron chi connectivity index (χ3n) is 4.16. The Labute approximate surface area is 111 Å². The molecule has 3 N–H and O–H groups in total. The van der Waals surface area contributed by atoms with Gasteiger partial charge in [-0.15, -0.1) is 0 Å². The van der Waals surface area contributed by atoms with E-state index in [9.17, 15) is 5.11 Å². The van der Waals surface area contributed by atoms with Gasteiger partial charge in [0.05, 0.1) is 12.3 Å². The van der Waals surface area contributed by atoms with Crippen molar-refractivity contribution in [2.75, 3.05) is 17.7 Å². The Morgan fingerprint density at radius 2 is 2.26 bits per heavy atom. The van der Waals surface area contributed by atoms with Gasteiger partial charge in [-0.2, -0.15) is 0 Å². The van der Waals surface area contributed by atoms with Crippen molar-refractivity contribution < 1.29 is 5.11 Å². The highest BCUT2D eigenvalue weighted by Crippen LogP contribution is 2.42. The van der Waals surface area contributed by atoms with Crippen LogP contribution in [0.3, 0.4) is 0 Å². The molecular formula is C13H19N5O. The number of rotatable bonds is 3. The lowest BCUT2D eigenvalue weighted by Crippen LogP contribution is -2.57. The molecule has 2 heterocycles. The summed E-state index contributed by atoms with van der Waals surface area (Å²) in [6.07, 6.45) is 6.03. The smallest absolute Gasteiger partial charge is 0.180 e. The van der Waals surface area contributed by atoms with E-state index in [-0.39, 0.29) is 17.6 Å². The fourth-order valence-corrected chi connectivity index (χ4v) is 2.46. The third kappa shape index (κ3) is 1.83. The monoisotopic (exact) mass is 261 g/mol. The van der Waals surface area contributed by atoms with Crippen molar-refractivity contribution in [3.05, 3.63) is 18.6 Å². The normalized spacial score (nSPS) is 25.1. The molecule has 0 bridgehead atoms. The maximum absolute atomic E-state index is 9.80. The Kier molecular flexibility index (Phi) is 2.63. The average molecular weight is 261 g/mol. The van der Waals surface area contributed by atoms with Crippen LogP contribution < -0.4 is 10.6 Å². The number of imidazole rings is 1. The Bertz CT molecular complexity index is 606. The van der Waals surface area contributed by atoms with Crippen LogP contribution in [0, 0.1) is 5.41 Å². The molecule has 1 aliphatic rings. The van der Waals surface area contributed by atoms with Crippen molar-refractivity contribution in [3.63, 3.8) is 0 Å². The predicted octanol–water partition coefficient (Wildman–Crippen LogP) is 1.34. The minimum absolute atomic E-state index is 0.138. The van der Waals surface area contributed by atoms with Gasteiger partial charge in [0.1, 0.15) is 5.82 Å². The Hall–Kier alpha value is -1.82. The van der Waals surface area contributed by atoms with E-state index in [0.717, 1.165) is 23.7 Å². The third-order valence-corrected chi connectivity index (χ3v) is 4.16. The van der Waals surface area contributed by atoms with Crippen molar-refractivity contribution in [3.8, 4) is 0 Å². The van der Waals surface area contributed by atoms with Crippen molar-refractivity contribution in [1.29, 1.82) is 0 Å². The summed E-state index contributed by atoms with van der Waals surface area (Å²) >= 11 is 0. The van der Waals surface area contributed by atoms with E-state index in [1.165, 1.54) is 0 Å². The van der Waals surface area contributed by atoms with Crippen LogP contribution in [0.5, 0.6) is 0 Å². The second kappa shape index (κ2) is 4.09. The number of hydrogen-bond acceptors (Lipinski definition) is 5. The van der Waals surface area contributed by atoms with E-state index in [4.69, 9.17) is 0 Å². The number of aliphatic hydroxyl groups excluding tert-OH is 1. The summed E-state index contributed by atoms with van der Waals surface area (Å²) in [6, 6.07) is 0.211. The maximum atomic E-state index is 9.80. The number of nitrogens with one attached hydrogen (secondary N) is 2. The number of hydrogen-bond donors (Lipinski definition) is 3. The second-order valence-electron chi connectivity index (χ2n) is 5.65. The lowest BCUT2D eigenvalue weighted by molar-refractivity contribution is -0.0511. The molecule has 0 spiro atoms. The van der Waals surface area contributed by atoms with E-state index < -0.39 is 0 Å². The summed E-state index contributed by atoms with van der Waals surface area (Å²) in [5.74, 6) is 1.53. The Morgan fingerprint density at radius 3 is 2.89 bits per heavy atom. The quantitative estimate of drug-likeness (QED) is 0.777. The van der Waals surface area contributed by atoms with Gasteiger partial charge in [-0.25, -0.2) is 9.97 Å². The van der Waals surface area contributed by atoms with Gasteiger partial charge in [0.2, 0.25) is 0 Å². The number of nitrogens with zero attached hydrogens (tertiary/aromatic N) is 3.